The summed E-state index contributed by atoms with van der Waals surface area (Å²) in [6, 6.07) is 3.37. The van der Waals surface area contributed by atoms with E-state index in [4.69, 9.17) is 40.5 Å². The predicted octanol–water partition coefficient (Wildman–Crippen LogP) is 4.01. The van der Waals surface area contributed by atoms with Crippen LogP contribution in [0.1, 0.15) is 12.0 Å². The van der Waals surface area contributed by atoms with Gasteiger partial charge in [0.1, 0.15) is 0 Å². The van der Waals surface area contributed by atoms with Crippen molar-refractivity contribution in [2.45, 2.75) is 6.42 Å². The van der Waals surface area contributed by atoms with Gasteiger partial charge in [-0.3, -0.25) is 0 Å². The Kier molecular flexibility index (Phi) is 4.76. The number of rotatable bonds is 3. The quantitative estimate of drug-likeness (QED) is 0.806. The largest absolute Gasteiger partial charge is 0.330 e. The molecule has 0 spiro atoms. The molecule has 1 rings (SSSR count). The Labute approximate surface area is 98.5 Å². The van der Waals surface area contributed by atoms with Crippen LogP contribution in [0.4, 0.5) is 0 Å². The maximum Gasteiger partial charge on any atom is 0.0607 e. The van der Waals surface area contributed by atoms with E-state index in [9.17, 15) is 0 Å². The summed E-state index contributed by atoms with van der Waals surface area (Å²) in [6.45, 7) is 0.620. The van der Waals surface area contributed by atoms with Crippen LogP contribution in [0.5, 0.6) is 0 Å². The first-order valence-corrected chi connectivity index (χ1v) is 5.29. The summed E-state index contributed by atoms with van der Waals surface area (Å²) in [5.41, 5.74) is 6.21. The van der Waals surface area contributed by atoms with Crippen LogP contribution in [0, 0.1) is 0 Å². The first kappa shape index (κ1) is 11.9. The molecule has 4 heteroatoms. The zero-order chi connectivity index (χ0) is 10.6. The summed E-state index contributed by atoms with van der Waals surface area (Å²) < 4.78 is 0. The molecule has 0 amide bonds. The van der Waals surface area contributed by atoms with E-state index in [1.54, 1.807) is 12.1 Å². The number of halogens is 3. The van der Waals surface area contributed by atoms with Crippen LogP contribution in [0.3, 0.4) is 0 Å². The van der Waals surface area contributed by atoms with E-state index in [1.165, 1.54) is 0 Å². The fourth-order valence-corrected chi connectivity index (χ4v) is 1.59. The topological polar surface area (TPSA) is 26.0 Å². The summed E-state index contributed by atoms with van der Waals surface area (Å²) in [4.78, 5) is 0. The van der Waals surface area contributed by atoms with Crippen LogP contribution in [-0.2, 0) is 0 Å². The maximum atomic E-state index is 5.95. The molecule has 0 aliphatic carbocycles. The summed E-state index contributed by atoms with van der Waals surface area (Å²) in [5, 5.41) is 1.56. The van der Waals surface area contributed by atoms with Gasteiger partial charge in [-0.2, -0.15) is 0 Å². The third-order valence-electron chi connectivity index (χ3n) is 1.67. The number of benzene rings is 1. The van der Waals surface area contributed by atoms with Gasteiger partial charge in [-0.15, -0.1) is 0 Å². The second kappa shape index (κ2) is 5.62. The monoisotopic (exact) mass is 249 g/mol. The van der Waals surface area contributed by atoms with Crippen LogP contribution in [0.25, 0.3) is 6.08 Å². The third-order valence-corrected chi connectivity index (χ3v) is 2.72. The molecule has 2 N–H and O–H groups in total. The molecular weight excluding hydrogens is 240 g/mol. The molecule has 0 radical (unpaired) electrons. The molecule has 1 aromatic rings. The Bertz CT molecular complexity index is 347. The summed E-state index contributed by atoms with van der Waals surface area (Å²) in [7, 11) is 0. The first-order valence-electron chi connectivity index (χ1n) is 4.16. The fourth-order valence-electron chi connectivity index (χ4n) is 0.972. The molecule has 1 aromatic carbocycles. The van der Waals surface area contributed by atoms with E-state index >= 15 is 0 Å². The molecular formula is C10H10Cl3N. The molecule has 0 heterocycles. The van der Waals surface area contributed by atoms with Crippen molar-refractivity contribution in [1.82, 2.24) is 0 Å². The van der Waals surface area contributed by atoms with E-state index in [0.717, 1.165) is 12.0 Å². The van der Waals surface area contributed by atoms with Gasteiger partial charge in [0, 0.05) is 5.02 Å². The first-order chi connectivity index (χ1) is 6.65. The second-order valence-electron chi connectivity index (χ2n) is 2.77. The van der Waals surface area contributed by atoms with Crippen molar-refractivity contribution in [3.8, 4) is 0 Å². The highest BCUT2D eigenvalue weighted by molar-refractivity contribution is 6.43. The second-order valence-corrected chi connectivity index (χ2v) is 3.99. The minimum Gasteiger partial charge on any atom is -0.330 e. The fraction of sp³-hybridized carbons (Fsp3) is 0.200. The third kappa shape index (κ3) is 3.18. The van der Waals surface area contributed by atoms with Gasteiger partial charge >= 0.3 is 0 Å². The van der Waals surface area contributed by atoms with Gasteiger partial charge in [0.15, 0.2) is 0 Å². The lowest BCUT2D eigenvalue weighted by molar-refractivity contribution is 1.01. The minimum atomic E-state index is 0.465. The Morgan fingerprint density at radius 1 is 1.07 bits per heavy atom. The van der Waals surface area contributed by atoms with Crippen molar-refractivity contribution in [3.63, 3.8) is 0 Å². The summed E-state index contributed by atoms with van der Waals surface area (Å²) in [5.74, 6) is 0. The molecule has 0 aliphatic rings. The molecule has 0 fully saturated rings. The smallest absolute Gasteiger partial charge is 0.0607 e. The zero-order valence-corrected chi connectivity index (χ0v) is 9.70. The van der Waals surface area contributed by atoms with Gasteiger partial charge in [0.05, 0.1) is 10.0 Å². The molecule has 0 bridgehead atoms. The Morgan fingerprint density at radius 2 is 1.71 bits per heavy atom. The van der Waals surface area contributed by atoms with Crippen molar-refractivity contribution in [1.29, 1.82) is 0 Å². The number of hydrogen-bond donors (Lipinski definition) is 1. The van der Waals surface area contributed by atoms with Gasteiger partial charge in [-0.25, -0.2) is 0 Å². The Balaban J connectivity index is 2.92. The molecule has 0 atom stereocenters. The highest BCUT2D eigenvalue weighted by Gasteiger charge is 2.02. The van der Waals surface area contributed by atoms with E-state index < -0.39 is 0 Å². The Morgan fingerprint density at radius 3 is 2.36 bits per heavy atom. The predicted molar refractivity (Wildman–Crippen MR) is 64.2 cm³/mol. The van der Waals surface area contributed by atoms with Crippen molar-refractivity contribution < 1.29 is 0 Å². The van der Waals surface area contributed by atoms with Crippen LogP contribution in [0.2, 0.25) is 15.1 Å². The average Bonchev–Trinajstić information content (AvgIpc) is 2.14. The van der Waals surface area contributed by atoms with Gasteiger partial charge in [0.2, 0.25) is 0 Å². The minimum absolute atomic E-state index is 0.465. The number of nitrogens with two attached hydrogens (primary N) is 1. The SMILES string of the molecule is NCCC=Cc1cc(Cl)c(Cl)cc1Cl. The standard InChI is InChI=1S/C10H10Cl3N/c11-8-6-10(13)9(12)5-7(8)3-1-2-4-14/h1,3,5-6H,2,4,14H2. The van der Waals surface area contributed by atoms with E-state index in [-0.39, 0.29) is 0 Å². The van der Waals surface area contributed by atoms with Gasteiger partial charge < -0.3 is 5.73 Å². The molecule has 0 saturated heterocycles. The van der Waals surface area contributed by atoms with Crippen LogP contribution < -0.4 is 5.73 Å². The zero-order valence-electron chi connectivity index (χ0n) is 7.43. The molecule has 14 heavy (non-hydrogen) atoms. The lowest BCUT2D eigenvalue weighted by Crippen LogP contribution is -1.94. The van der Waals surface area contributed by atoms with E-state index in [2.05, 4.69) is 0 Å². The van der Waals surface area contributed by atoms with Crippen LogP contribution >= 0.6 is 34.8 Å². The van der Waals surface area contributed by atoms with Gasteiger partial charge in [0.25, 0.3) is 0 Å². The van der Waals surface area contributed by atoms with Gasteiger partial charge in [-0.05, 0) is 30.7 Å². The van der Waals surface area contributed by atoms with Crippen molar-refractivity contribution >= 4 is 40.9 Å². The van der Waals surface area contributed by atoms with Crippen molar-refractivity contribution in [3.05, 3.63) is 38.8 Å². The van der Waals surface area contributed by atoms with E-state index in [0.29, 0.717) is 21.6 Å². The lowest BCUT2D eigenvalue weighted by atomic mass is 10.2. The summed E-state index contributed by atoms with van der Waals surface area (Å²) in [6.07, 6.45) is 4.65. The molecule has 1 nitrogen and oxygen atoms in total. The molecule has 0 unspecified atom stereocenters. The Hall–Kier alpha value is -0.210. The normalized spacial score (nSPS) is 11.1. The molecule has 0 aromatic heterocycles. The molecule has 76 valence electrons. The lowest BCUT2D eigenvalue weighted by Gasteiger charge is -2.01. The van der Waals surface area contributed by atoms with E-state index in [1.807, 2.05) is 12.2 Å². The molecule has 0 saturated carbocycles. The molecule has 0 aliphatic heterocycles. The highest BCUT2D eigenvalue weighted by Crippen LogP contribution is 2.29. The summed E-state index contributed by atoms with van der Waals surface area (Å²) >= 11 is 17.6. The van der Waals surface area contributed by atoms with Crippen LogP contribution in [0.15, 0.2) is 18.2 Å². The van der Waals surface area contributed by atoms with Crippen molar-refractivity contribution in [2.24, 2.45) is 5.73 Å². The average molecular weight is 251 g/mol. The highest BCUT2D eigenvalue weighted by atomic mass is 35.5. The number of hydrogen-bond acceptors (Lipinski definition) is 1. The van der Waals surface area contributed by atoms with Crippen molar-refractivity contribution in [2.75, 3.05) is 6.54 Å². The van der Waals surface area contributed by atoms with Gasteiger partial charge in [-0.1, -0.05) is 47.0 Å². The van der Waals surface area contributed by atoms with Crippen LogP contribution in [-0.4, -0.2) is 6.54 Å². The maximum absolute atomic E-state index is 5.95.